The van der Waals surface area contributed by atoms with Gasteiger partial charge in [-0.3, -0.25) is 9.79 Å². The Morgan fingerprint density at radius 3 is 2.84 bits per heavy atom. The number of allylic oxidation sites excluding steroid dienone is 3. The van der Waals surface area contributed by atoms with Crippen molar-refractivity contribution in [3.63, 3.8) is 0 Å². The summed E-state index contributed by atoms with van der Waals surface area (Å²) in [6, 6.07) is 2.43. The van der Waals surface area contributed by atoms with Gasteiger partial charge in [0.1, 0.15) is 17.2 Å². The SMILES string of the molecule is C=CC(/C=C/C(=O)Nc1sc2c(c1C#N)CCC(OC(=O)N1CCCC1C)C2)=C\N=C. The zero-order valence-corrected chi connectivity index (χ0v) is 18.4. The molecule has 0 radical (unpaired) electrons. The zero-order valence-electron chi connectivity index (χ0n) is 17.6. The zero-order chi connectivity index (χ0) is 22.4. The normalized spacial score (nSPS) is 20.8. The lowest BCUT2D eigenvalue weighted by atomic mass is 9.94. The number of rotatable bonds is 6. The Morgan fingerprint density at radius 1 is 1.39 bits per heavy atom. The van der Waals surface area contributed by atoms with Gasteiger partial charge in [0, 0.05) is 36.2 Å². The summed E-state index contributed by atoms with van der Waals surface area (Å²) in [5.41, 5.74) is 2.08. The third-order valence-electron chi connectivity index (χ3n) is 5.53. The van der Waals surface area contributed by atoms with Gasteiger partial charge in [-0.2, -0.15) is 5.26 Å². The molecule has 0 aromatic carbocycles. The molecule has 1 aliphatic carbocycles. The summed E-state index contributed by atoms with van der Waals surface area (Å²) in [6.07, 6.45) is 9.40. The Balaban J connectivity index is 1.68. The highest BCUT2D eigenvalue weighted by molar-refractivity contribution is 7.16. The van der Waals surface area contributed by atoms with Gasteiger partial charge in [-0.05, 0) is 56.5 Å². The van der Waals surface area contributed by atoms with Crippen molar-refractivity contribution in [1.82, 2.24) is 4.90 Å². The van der Waals surface area contributed by atoms with Crippen LogP contribution >= 0.6 is 11.3 Å². The average Bonchev–Trinajstić information content (AvgIpc) is 3.33. The number of aliphatic imine (C=N–C) groups is 1. The van der Waals surface area contributed by atoms with Crippen molar-refractivity contribution in [2.45, 2.75) is 51.2 Å². The third-order valence-corrected chi connectivity index (χ3v) is 6.70. The van der Waals surface area contributed by atoms with Crippen LogP contribution < -0.4 is 5.32 Å². The largest absolute Gasteiger partial charge is 0.446 e. The molecule has 2 aliphatic rings. The quantitative estimate of drug-likeness (QED) is 0.405. The Morgan fingerprint density at radius 2 is 2.19 bits per heavy atom. The minimum absolute atomic E-state index is 0.215. The van der Waals surface area contributed by atoms with E-state index in [1.165, 1.54) is 23.6 Å². The standard InChI is InChI=1S/C23H26N4O3S/c1-4-16(14-25-3)7-10-21(28)26-22-19(13-24)18-9-8-17(12-20(18)31-22)30-23(29)27-11-5-6-15(27)2/h4,7,10,14-15,17H,1,3,5-6,8-9,11-12H2,2H3,(H,26,28)/b10-7+,16-14+. The molecule has 0 saturated carbocycles. The van der Waals surface area contributed by atoms with Crippen LogP contribution in [0.5, 0.6) is 0 Å². The molecule has 1 aromatic rings. The van der Waals surface area contributed by atoms with Gasteiger partial charge in [-0.15, -0.1) is 11.3 Å². The Hall–Kier alpha value is -3.18. The number of fused-ring (bicyclic) bond motifs is 1. The molecule has 162 valence electrons. The molecule has 1 aromatic heterocycles. The number of anilines is 1. The molecule has 1 saturated heterocycles. The molecule has 1 fully saturated rings. The molecule has 1 aliphatic heterocycles. The van der Waals surface area contributed by atoms with E-state index in [1.807, 2.05) is 6.92 Å². The molecule has 0 spiro atoms. The highest BCUT2D eigenvalue weighted by atomic mass is 32.1. The summed E-state index contributed by atoms with van der Waals surface area (Å²) < 4.78 is 5.75. The third kappa shape index (κ3) is 5.30. The number of carbonyl (C=O) groups is 2. The molecule has 8 heteroatoms. The maximum absolute atomic E-state index is 12.5. The van der Waals surface area contributed by atoms with E-state index >= 15 is 0 Å². The van der Waals surface area contributed by atoms with Gasteiger partial charge in [0.15, 0.2) is 0 Å². The number of thiophene rings is 1. The van der Waals surface area contributed by atoms with Crippen molar-refractivity contribution in [3.05, 3.63) is 52.6 Å². The molecule has 0 bridgehead atoms. The number of hydrogen-bond acceptors (Lipinski definition) is 6. The van der Waals surface area contributed by atoms with E-state index in [0.717, 1.165) is 29.8 Å². The maximum atomic E-state index is 12.5. The number of carbonyl (C=O) groups excluding carboxylic acids is 2. The van der Waals surface area contributed by atoms with Crippen molar-refractivity contribution >= 4 is 35.1 Å². The van der Waals surface area contributed by atoms with Gasteiger partial charge in [-0.25, -0.2) is 4.79 Å². The summed E-state index contributed by atoms with van der Waals surface area (Å²) in [4.78, 5) is 31.2. The van der Waals surface area contributed by atoms with Gasteiger partial charge in [0.25, 0.3) is 0 Å². The second-order valence-corrected chi connectivity index (χ2v) is 8.70. The molecule has 2 atom stereocenters. The van der Waals surface area contributed by atoms with Crippen molar-refractivity contribution in [2.75, 3.05) is 11.9 Å². The van der Waals surface area contributed by atoms with Crippen LogP contribution in [-0.2, 0) is 22.4 Å². The van der Waals surface area contributed by atoms with Crippen molar-refractivity contribution in [3.8, 4) is 6.07 Å². The van der Waals surface area contributed by atoms with Crippen LogP contribution in [0.25, 0.3) is 0 Å². The first-order valence-electron chi connectivity index (χ1n) is 10.3. The minimum Gasteiger partial charge on any atom is -0.446 e. The molecule has 2 unspecified atom stereocenters. The van der Waals surface area contributed by atoms with Crippen LogP contribution in [0.15, 0.2) is 41.6 Å². The smallest absolute Gasteiger partial charge is 0.410 e. The summed E-state index contributed by atoms with van der Waals surface area (Å²) in [7, 11) is 0. The number of likely N-dealkylation sites (tertiary alicyclic amines) is 1. The fraction of sp³-hybridized carbons (Fsp3) is 0.391. The number of amides is 2. The lowest BCUT2D eigenvalue weighted by Gasteiger charge is -2.27. The van der Waals surface area contributed by atoms with Crippen LogP contribution in [0.2, 0.25) is 0 Å². The van der Waals surface area contributed by atoms with E-state index in [1.54, 1.807) is 17.1 Å². The number of ether oxygens (including phenoxy) is 1. The summed E-state index contributed by atoms with van der Waals surface area (Å²) in [5, 5.41) is 13.0. The van der Waals surface area contributed by atoms with Crippen molar-refractivity contribution in [2.24, 2.45) is 4.99 Å². The number of hydrogen-bond donors (Lipinski definition) is 1. The molecule has 31 heavy (non-hydrogen) atoms. The van der Waals surface area contributed by atoms with Crippen LogP contribution in [0.3, 0.4) is 0 Å². The fourth-order valence-corrected chi connectivity index (χ4v) is 5.14. The van der Waals surface area contributed by atoms with Gasteiger partial charge < -0.3 is 15.0 Å². The summed E-state index contributed by atoms with van der Waals surface area (Å²) in [5.74, 6) is -0.349. The van der Waals surface area contributed by atoms with Crippen LogP contribution in [0, 0.1) is 11.3 Å². The van der Waals surface area contributed by atoms with E-state index < -0.39 is 0 Å². The van der Waals surface area contributed by atoms with Gasteiger partial charge in [0.05, 0.1) is 5.56 Å². The van der Waals surface area contributed by atoms with Gasteiger partial charge in [-0.1, -0.05) is 12.7 Å². The second kappa shape index (κ2) is 10.2. The molecule has 3 rings (SSSR count). The van der Waals surface area contributed by atoms with Crippen LogP contribution in [-0.4, -0.2) is 42.3 Å². The predicted molar refractivity (Wildman–Crippen MR) is 122 cm³/mol. The van der Waals surface area contributed by atoms with E-state index in [9.17, 15) is 14.9 Å². The average molecular weight is 439 g/mol. The molecular weight excluding hydrogens is 412 g/mol. The highest BCUT2D eigenvalue weighted by Gasteiger charge is 2.32. The Labute approximate surface area is 186 Å². The Kier molecular flexibility index (Phi) is 7.42. The monoisotopic (exact) mass is 438 g/mol. The fourth-order valence-electron chi connectivity index (χ4n) is 3.87. The first-order chi connectivity index (χ1) is 15.0. The lowest BCUT2D eigenvalue weighted by molar-refractivity contribution is -0.111. The van der Waals surface area contributed by atoms with Crippen molar-refractivity contribution < 1.29 is 14.3 Å². The minimum atomic E-state index is -0.349. The molecule has 2 amide bonds. The molecule has 7 nitrogen and oxygen atoms in total. The maximum Gasteiger partial charge on any atom is 0.410 e. The van der Waals surface area contributed by atoms with E-state index in [2.05, 4.69) is 29.7 Å². The topological polar surface area (TPSA) is 94.8 Å². The Bertz CT molecular complexity index is 986. The van der Waals surface area contributed by atoms with Gasteiger partial charge >= 0.3 is 6.09 Å². The van der Waals surface area contributed by atoms with E-state index in [-0.39, 0.29) is 24.1 Å². The first kappa shape index (κ1) is 22.5. The van der Waals surface area contributed by atoms with Crippen molar-refractivity contribution in [1.29, 1.82) is 5.26 Å². The predicted octanol–water partition coefficient (Wildman–Crippen LogP) is 4.36. The number of nitrogens with zero attached hydrogens (tertiary/aromatic N) is 3. The number of nitriles is 1. The van der Waals surface area contributed by atoms with Crippen LogP contribution in [0.1, 0.15) is 42.2 Å². The van der Waals surface area contributed by atoms with E-state index in [4.69, 9.17) is 4.74 Å². The van der Waals surface area contributed by atoms with E-state index in [0.29, 0.717) is 35.4 Å². The lowest BCUT2D eigenvalue weighted by Crippen LogP contribution is -2.37. The summed E-state index contributed by atoms with van der Waals surface area (Å²) in [6.45, 7) is 9.81. The van der Waals surface area contributed by atoms with Crippen LogP contribution in [0.4, 0.5) is 9.80 Å². The van der Waals surface area contributed by atoms with Gasteiger partial charge in [0.2, 0.25) is 5.91 Å². The molecule has 2 heterocycles. The second-order valence-electron chi connectivity index (χ2n) is 7.59. The highest BCUT2D eigenvalue weighted by Crippen LogP contribution is 2.38. The summed E-state index contributed by atoms with van der Waals surface area (Å²) >= 11 is 1.37. The molecular formula is C23H26N4O3S. The number of nitrogens with one attached hydrogen (secondary N) is 1. The first-order valence-corrected chi connectivity index (χ1v) is 11.1. The molecule has 1 N–H and O–H groups in total.